The molecule has 2 aromatic heterocycles. The average Bonchev–Trinajstić information content (AvgIpc) is 2.97. The van der Waals surface area contributed by atoms with E-state index in [0.717, 1.165) is 4.57 Å². The number of phenolic OH excluding ortho intramolecular Hbond substituents is 1. The van der Waals surface area contributed by atoms with Crippen LogP contribution in [0.2, 0.25) is 5.02 Å². The Kier molecular flexibility index (Phi) is 2.89. The number of fused-ring (bicyclic) bond motifs is 3. The van der Waals surface area contributed by atoms with Gasteiger partial charge in [0.05, 0.1) is 10.5 Å². The van der Waals surface area contributed by atoms with Crippen molar-refractivity contribution in [2.75, 3.05) is 0 Å². The lowest BCUT2D eigenvalue weighted by molar-refractivity contribution is 0.435. The van der Waals surface area contributed by atoms with Crippen LogP contribution in [0.25, 0.3) is 27.6 Å². The summed E-state index contributed by atoms with van der Waals surface area (Å²) in [7, 11) is 0. The van der Waals surface area contributed by atoms with Gasteiger partial charge in [0.15, 0.2) is 5.88 Å². The Morgan fingerprint density at radius 3 is 2.70 bits per heavy atom. The Labute approximate surface area is 134 Å². The van der Waals surface area contributed by atoms with Crippen LogP contribution in [0, 0.1) is 5.82 Å². The quantitative estimate of drug-likeness (QED) is 0.557. The number of rotatable bonds is 1. The molecule has 0 aliphatic rings. The number of hydrogen-bond acceptors (Lipinski definition) is 4. The van der Waals surface area contributed by atoms with Crippen LogP contribution in [0.4, 0.5) is 4.39 Å². The predicted molar refractivity (Wildman–Crippen MR) is 84.7 cm³/mol. The number of nitrogens with zero attached hydrogens (tertiary/aromatic N) is 3. The van der Waals surface area contributed by atoms with E-state index in [4.69, 9.17) is 11.6 Å². The molecule has 0 unspecified atom stereocenters. The zero-order valence-corrected chi connectivity index (χ0v) is 12.3. The molecule has 0 radical (unpaired) electrons. The molecule has 0 aliphatic heterocycles. The van der Waals surface area contributed by atoms with Crippen LogP contribution in [0.3, 0.4) is 0 Å². The Hall–Kier alpha value is -2.86. The van der Waals surface area contributed by atoms with Gasteiger partial charge in [-0.05, 0) is 24.3 Å². The maximum Gasteiger partial charge on any atom is 0.196 e. The van der Waals surface area contributed by atoms with Crippen LogP contribution in [0.15, 0.2) is 42.7 Å². The summed E-state index contributed by atoms with van der Waals surface area (Å²) in [6.07, 6.45) is 1.37. The number of phenols is 1. The zero-order chi connectivity index (χ0) is 16.1. The summed E-state index contributed by atoms with van der Waals surface area (Å²) in [6, 6.07) is 8.58. The van der Waals surface area contributed by atoms with E-state index >= 15 is 0 Å². The maximum absolute atomic E-state index is 14.3. The zero-order valence-electron chi connectivity index (χ0n) is 11.5. The second-order valence-corrected chi connectivity index (χ2v) is 5.40. The lowest BCUT2D eigenvalue weighted by atomic mass is 10.1. The SMILES string of the molecule is Oc1cc2ncnc2c2ccc(O)n(-c3c(F)cccc3Cl)c12. The fourth-order valence-electron chi connectivity index (χ4n) is 2.71. The summed E-state index contributed by atoms with van der Waals surface area (Å²) < 4.78 is 15.5. The van der Waals surface area contributed by atoms with Gasteiger partial charge in [-0.3, -0.25) is 4.57 Å². The third-order valence-corrected chi connectivity index (χ3v) is 3.97. The molecule has 7 heteroatoms. The minimum atomic E-state index is -0.626. The standard InChI is InChI=1S/C16H9ClFN3O2/c17-9-2-1-3-10(18)16(9)21-13(23)5-4-8-14-11(19-7-20-14)6-12(22)15(8)21/h1-7,22-23H. The van der Waals surface area contributed by atoms with Crippen LogP contribution in [-0.2, 0) is 0 Å². The number of aromatic nitrogens is 3. The van der Waals surface area contributed by atoms with E-state index in [0.29, 0.717) is 16.4 Å². The molecule has 2 aromatic carbocycles. The smallest absolute Gasteiger partial charge is 0.196 e. The van der Waals surface area contributed by atoms with Gasteiger partial charge in [-0.15, -0.1) is 0 Å². The fourth-order valence-corrected chi connectivity index (χ4v) is 2.95. The number of pyridine rings is 1. The highest BCUT2D eigenvalue weighted by atomic mass is 35.5. The van der Waals surface area contributed by atoms with Gasteiger partial charge in [0.1, 0.15) is 34.6 Å². The lowest BCUT2D eigenvalue weighted by Crippen LogP contribution is -2.02. The van der Waals surface area contributed by atoms with Crippen molar-refractivity contribution in [3.8, 4) is 17.3 Å². The number of hydrogen-bond donors (Lipinski definition) is 2. The molecule has 0 fully saturated rings. The molecule has 4 aromatic rings. The molecule has 114 valence electrons. The van der Waals surface area contributed by atoms with E-state index in [-0.39, 0.29) is 27.9 Å². The van der Waals surface area contributed by atoms with Crippen molar-refractivity contribution in [1.29, 1.82) is 0 Å². The first-order chi connectivity index (χ1) is 11.1. The molecule has 23 heavy (non-hydrogen) atoms. The van der Waals surface area contributed by atoms with Gasteiger partial charge in [0.2, 0.25) is 0 Å². The second kappa shape index (κ2) is 4.82. The largest absolute Gasteiger partial charge is 0.506 e. The van der Waals surface area contributed by atoms with Gasteiger partial charge >= 0.3 is 0 Å². The summed E-state index contributed by atoms with van der Waals surface area (Å²) in [6.45, 7) is 0. The molecule has 0 spiro atoms. The molecule has 0 atom stereocenters. The minimum absolute atomic E-state index is 0.0496. The highest BCUT2D eigenvalue weighted by Gasteiger charge is 2.19. The Morgan fingerprint density at radius 1 is 1.09 bits per heavy atom. The highest BCUT2D eigenvalue weighted by molar-refractivity contribution is 6.32. The second-order valence-electron chi connectivity index (χ2n) is 5.00. The number of aromatic hydroxyl groups is 2. The highest BCUT2D eigenvalue weighted by Crippen LogP contribution is 2.38. The van der Waals surface area contributed by atoms with E-state index in [1.807, 2.05) is 0 Å². The number of benzene rings is 2. The molecule has 4 rings (SSSR count). The molecule has 5 nitrogen and oxygen atoms in total. The Morgan fingerprint density at radius 2 is 1.91 bits per heavy atom. The van der Waals surface area contributed by atoms with Gasteiger partial charge in [0.25, 0.3) is 0 Å². The third-order valence-electron chi connectivity index (χ3n) is 3.67. The van der Waals surface area contributed by atoms with Crippen LogP contribution < -0.4 is 0 Å². The van der Waals surface area contributed by atoms with E-state index in [9.17, 15) is 14.6 Å². The van der Waals surface area contributed by atoms with Crippen molar-refractivity contribution in [3.63, 3.8) is 0 Å². The molecule has 2 heterocycles. The van der Waals surface area contributed by atoms with Gasteiger partial charge in [-0.1, -0.05) is 17.7 Å². The van der Waals surface area contributed by atoms with Crippen molar-refractivity contribution in [3.05, 3.63) is 53.6 Å². The van der Waals surface area contributed by atoms with Gasteiger partial charge in [0, 0.05) is 11.5 Å². The topological polar surface area (TPSA) is 71.2 Å². The molecular weight excluding hydrogens is 321 g/mol. The van der Waals surface area contributed by atoms with Crippen molar-refractivity contribution in [2.45, 2.75) is 0 Å². The van der Waals surface area contributed by atoms with Crippen LogP contribution in [-0.4, -0.2) is 24.7 Å². The van der Waals surface area contributed by atoms with Gasteiger partial charge in [-0.2, -0.15) is 0 Å². The average molecular weight is 330 g/mol. The van der Waals surface area contributed by atoms with E-state index in [1.54, 1.807) is 6.07 Å². The minimum Gasteiger partial charge on any atom is -0.506 e. The molecule has 0 bridgehead atoms. The first-order valence-electron chi connectivity index (χ1n) is 6.69. The van der Waals surface area contributed by atoms with Crippen molar-refractivity contribution < 1.29 is 14.6 Å². The Balaban J connectivity index is 2.25. The van der Waals surface area contributed by atoms with Crippen LogP contribution in [0.1, 0.15) is 0 Å². The fraction of sp³-hybridized carbons (Fsp3) is 0. The Bertz CT molecular complexity index is 1060. The van der Waals surface area contributed by atoms with Gasteiger partial charge in [-0.25, -0.2) is 14.4 Å². The summed E-state index contributed by atoms with van der Waals surface area (Å²) in [5, 5.41) is 21.2. The summed E-state index contributed by atoms with van der Waals surface area (Å²) in [5.41, 5.74) is 1.20. The van der Waals surface area contributed by atoms with E-state index < -0.39 is 5.82 Å². The number of imidazole rings is 1. The van der Waals surface area contributed by atoms with E-state index in [2.05, 4.69) is 9.97 Å². The van der Waals surface area contributed by atoms with Crippen molar-refractivity contribution >= 4 is 33.5 Å². The molecule has 0 aliphatic carbocycles. The van der Waals surface area contributed by atoms with Crippen LogP contribution in [0.5, 0.6) is 11.6 Å². The monoisotopic (exact) mass is 329 g/mol. The van der Waals surface area contributed by atoms with Crippen LogP contribution >= 0.6 is 11.6 Å². The lowest BCUT2D eigenvalue weighted by Gasteiger charge is -2.16. The first-order valence-corrected chi connectivity index (χ1v) is 7.07. The molecule has 2 N–H and O–H groups in total. The number of halogens is 2. The molecule has 0 amide bonds. The molecule has 0 saturated heterocycles. The summed E-state index contributed by atoms with van der Waals surface area (Å²) >= 11 is 6.10. The number of para-hydroxylation sites is 1. The summed E-state index contributed by atoms with van der Waals surface area (Å²) in [5.74, 6) is -1.06. The first kappa shape index (κ1) is 13.8. The van der Waals surface area contributed by atoms with Crippen molar-refractivity contribution in [1.82, 2.24) is 14.5 Å². The normalized spacial score (nSPS) is 11.4. The van der Waals surface area contributed by atoms with Gasteiger partial charge < -0.3 is 10.2 Å². The van der Waals surface area contributed by atoms with Crippen molar-refractivity contribution in [2.24, 2.45) is 0 Å². The summed E-state index contributed by atoms with van der Waals surface area (Å²) in [4.78, 5) is 8.20. The third kappa shape index (κ3) is 1.92. The molecular formula is C16H9ClFN3O2. The maximum atomic E-state index is 14.3. The molecule has 0 saturated carbocycles. The van der Waals surface area contributed by atoms with E-state index in [1.165, 1.54) is 36.7 Å². The predicted octanol–water partition coefficient (Wildman–Crippen LogP) is 3.78.